The van der Waals surface area contributed by atoms with E-state index in [0.29, 0.717) is 0 Å². The second-order valence-electron chi connectivity index (χ2n) is 0.816. The zero-order chi connectivity index (χ0) is 3.41. The Hall–Kier alpha value is 0.623. The summed E-state index contributed by atoms with van der Waals surface area (Å²) < 4.78 is 0. The van der Waals surface area contributed by atoms with Gasteiger partial charge >= 0.3 is 19.5 Å². The predicted molar refractivity (Wildman–Crippen MR) is 26.7 cm³/mol. The molecule has 0 rings (SSSR count). The molecule has 0 bridgehead atoms. The van der Waals surface area contributed by atoms with Gasteiger partial charge in [0.15, 0.2) is 0 Å². The van der Waals surface area contributed by atoms with Crippen molar-refractivity contribution in [3.8, 4) is 0 Å². The first-order valence-corrected chi connectivity index (χ1v) is 1.69. The van der Waals surface area contributed by atoms with Crippen LogP contribution < -0.4 is 0 Å². The molecule has 0 aromatic carbocycles. The number of unbranched alkanes of at least 4 members (excludes halogenated alkanes) is 1. The summed E-state index contributed by atoms with van der Waals surface area (Å²) in [6.07, 6.45) is 3.32. The zero-order valence-electron chi connectivity index (χ0n) is 4.99. The maximum atomic E-state index is 2.12. The summed E-state index contributed by atoms with van der Waals surface area (Å²) >= 11 is 0. The Balaban J connectivity index is -0.0000000450. The summed E-state index contributed by atoms with van der Waals surface area (Å²) in [6, 6.07) is 0. The topological polar surface area (TPSA) is 0 Å². The van der Waals surface area contributed by atoms with Gasteiger partial charge in [-0.15, -0.1) is 0 Å². The van der Waals surface area contributed by atoms with Gasteiger partial charge in [0, 0.05) is 0 Å². The summed E-state index contributed by atoms with van der Waals surface area (Å²) in [7, 11) is 0. The van der Waals surface area contributed by atoms with Crippen molar-refractivity contribution in [1.82, 2.24) is 0 Å². The van der Waals surface area contributed by atoms with Gasteiger partial charge in [0.1, 0.15) is 0 Å². The van der Waals surface area contributed by atoms with Crippen molar-refractivity contribution in [2.24, 2.45) is 0 Å². The maximum absolute atomic E-state index is 2.12. The van der Waals surface area contributed by atoms with Crippen LogP contribution in [0.3, 0.4) is 0 Å². The van der Waals surface area contributed by atoms with Crippen LogP contribution in [0, 0.1) is 13.8 Å². The molecule has 0 radical (unpaired) electrons. The normalized spacial score (nSPS) is 5.00. The molecule has 0 aliphatic rings. The Bertz CT molecular complexity index is 5.90. The van der Waals surface area contributed by atoms with Gasteiger partial charge in [-0.25, -0.2) is 0 Å². The molecule has 0 aromatic heterocycles. The van der Waals surface area contributed by atoms with Gasteiger partial charge in [-0.05, 0) is 0 Å². The Labute approximate surface area is 54.1 Å². The molecule has 0 spiro atoms. The van der Waals surface area contributed by atoms with Crippen molar-refractivity contribution in [3.63, 3.8) is 0 Å². The van der Waals surface area contributed by atoms with E-state index in [4.69, 9.17) is 0 Å². The number of hydrogen-bond donors (Lipinski definition) is 0. The Morgan fingerprint density at radius 2 is 1.67 bits per heavy atom. The molecular weight excluding hydrogens is 125 g/mol. The van der Waals surface area contributed by atoms with Crippen LogP contribution in [0.1, 0.15) is 20.3 Å². The number of rotatable bonds is 1. The molecule has 1 heteroatoms. The fourth-order valence-corrected chi connectivity index (χ4v) is 0. The molecular formula is C5H12Zn. The van der Waals surface area contributed by atoms with E-state index in [1.807, 2.05) is 0 Å². The van der Waals surface area contributed by atoms with E-state index in [2.05, 4.69) is 20.3 Å². The Morgan fingerprint density at radius 1 is 1.50 bits per heavy atom. The molecule has 0 fully saturated rings. The van der Waals surface area contributed by atoms with E-state index in [0.717, 1.165) is 0 Å². The van der Waals surface area contributed by atoms with Gasteiger partial charge in [0.05, 0.1) is 0 Å². The fourth-order valence-electron chi connectivity index (χ4n) is 0. The van der Waals surface area contributed by atoms with E-state index < -0.39 is 0 Å². The largest absolute Gasteiger partial charge is 2.00 e. The molecule has 34 valence electrons. The minimum absolute atomic E-state index is 0. The van der Waals surface area contributed by atoms with Crippen molar-refractivity contribution < 1.29 is 19.5 Å². The summed E-state index contributed by atoms with van der Waals surface area (Å²) in [5.41, 5.74) is 0. The first-order chi connectivity index (χ1) is 1.91. The minimum atomic E-state index is 0. The van der Waals surface area contributed by atoms with Crippen molar-refractivity contribution in [1.29, 1.82) is 0 Å². The summed E-state index contributed by atoms with van der Waals surface area (Å²) in [6.45, 7) is 4.18. The second kappa shape index (κ2) is 17.5. The minimum Gasteiger partial charge on any atom is -0.358 e. The van der Waals surface area contributed by atoms with E-state index in [1.54, 1.807) is 0 Å². The molecule has 0 unspecified atom stereocenters. The van der Waals surface area contributed by atoms with E-state index >= 15 is 0 Å². The van der Waals surface area contributed by atoms with Gasteiger partial charge in [0.2, 0.25) is 0 Å². The van der Waals surface area contributed by atoms with Crippen LogP contribution in [0.15, 0.2) is 0 Å². The first kappa shape index (κ1) is 16.0. The van der Waals surface area contributed by atoms with Crippen LogP contribution >= 0.6 is 0 Å². The van der Waals surface area contributed by atoms with Crippen LogP contribution in [-0.2, 0) is 19.5 Å². The third-order valence-corrected chi connectivity index (χ3v) is 0.408. The van der Waals surface area contributed by atoms with Crippen LogP contribution in [0.5, 0.6) is 0 Å². The van der Waals surface area contributed by atoms with Gasteiger partial charge in [-0.2, -0.15) is 13.3 Å². The van der Waals surface area contributed by atoms with Gasteiger partial charge in [-0.1, -0.05) is 6.92 Å². The molecule has 0 atom stereocenters. The van der Waals surface area contributed by atoms with E-state index in [-0.39, 0.29) is 26.9 Å². The van der Waals surface area contributed by atoms with Crippen molar-refractivity contribution in [2.75, 3.05) is 0 Å². The quantitative estimate of drug-likeness (QED) is 0.383. The zero-order valence-corrected chi connectivity index (χ0v) is 7.96. The molecule has 0 aromatic rings. The summed E-state index contributed by atoms with van der Waals surface area (Å²) in [4.78, 5) is 0. The van der Waals surface area contributed by atoms with Crippen molar-refractivity contribution >= 4 is 0 Å². The van der Waals surface area contributed by atoms with Gasteiger partial charge < -0.3 is 13.8 Å². The van der Waals surface area contributed by atoms with Crippen molar-refractivity contribution in [2.45, 2.75) is 20.3 Å². The Morgan fingerprint density at radius 3 is 1.67 bits per heavy atom. The molecule has 0 aliphatic heterocycles. The van der Waals surface area contributed by atoms with Crippen LogP contribution in [0.25, 0.3) is 0 Å². The summed E-state index contributed by atoms with van der Waals surface area (Å²) in [5.74, 6) is 0. The molecule has 6 heavy (non-hydrogen) atoms. The Kier molecular flexibility index (Phi) is 46.4. The molecule has 0 aliphatic carbocycles. The van der Waals surface area contributed by atoms with Gasteiger partial charge in [0.25, 0.3) is 0 Å². The summed E-state index contributed by atoms with van der Waals surface area (Å²) in [5, 5.41) is 0. The van der Waals surface area contributed by atoms with Crippen molar-refractivity contribution in [3.05, 3.63) is 13.8 Å². The molecule has 0 amide bonds. The SMILES string of the molecule is C[CH-]CC.[CH3-].[Zn+2]. The molecule has 0 heterocycles. The van der Waals surface area contributed by atoms with E-state index in [1.165, 1.54) is 6.42 Å². The maximum Gasteiger partial charge on any atom is 2.00 e. The molecule has 0 N–H and O–H groups in total. The molecule has 0 saturated heterocycles. The molecule has 0 nitrogen and oxygen atoms in total. The standard InChI is InChI=1S/C4H9.CH3.Zn/c1-3-4-2;;/h3H,4H2,1-2H3;1H3;/q2*-1;+2. The van der Waals surface area contributed by atoms with Gasteiger partial charge in [-0.3, -0.25) is 0 Å². The third-order valence-electron chi connectivity index (χ3n) is 0.408. The predicted octanol–water partition coefficient (Wildman–Crippen LogP) is 2.07. The smallest absolute Gasteiger partial charge is 0.358 e. The van der Waals surface area contributed by atoms with Crippen LogP contribution in [-0.4, -0.2) is 0 Å². The van der Waals surface area contributed by atoms with Crippen LogP contribution in [0.2, 0.25) is 0 Å². The third kappa shape index (κ3) is 23.0. The first-order valence-electron chi connectivity index (χ1n) is 1.69. The average Bonchev–Trinajstić information content (AvgIpc) is 1.37. The average molecular weight is 138 g/mol. The molecule has 0 saturated carbocycles. The number of hydrogen-bond acceptors (Lipinski definition) is 0. The monoisotopic (exact) mass is 136 g/mol. The van der Waals surface area contributed by atoms with Crippen LogP contribution in [0.4, 0.5) is 0 Å². The van der Waals surface area contributed by atoms with E-state index in [9.17, 15) is 0 Å². The fraction of sp³-hybridized carbons (Fsp3) is 0.600. The second-order valence-corrected chi connectivity index (χ2v) is 0.816.